The molecule has 0 aliphatic heterocycles. The van der Waals surface area contributed by atoms with E-state index in [1.807, 2.05) is 55.4 Å². The molecule has 0 saturated carbocycles. The Morgan fingerprint density at radius 3 is 1.35 bits per heavy atom. The molecule has 0 unspecified atom stereocenters. The normalized spacial score (nSPS) is 15.7. The summed E-state index contributed by atoms with van der Waals surface area (Å²) in [6, 6.07) is -13.3. The van der Waals surface area contributed by atoms with E-state index >= 15 is 14.4 Å². The Morgan fingerprint density at radius 2 is 0.918 bits per heavy atom. The van der Waals surface area contributed by atoms with Crippen LogP contribution in [0.3, 0.4) is 0 Å². The first-order valence-corrected chi connectivity index (χ1v) is 34.9. The molecule has 0 bridgehead atoms. The zero-order valence-corrected chi connectivity index (χ0v) is 64.3. The fourth-order valence-corrected chi connectivity index (χ4v) is 11.7. The lowest BCUT2D eigenvalue weighted by Gasteiger charge is -2.41. The molecule has 556 valence electrons. The first kappa shape index (κ1) is 90.5. The number of nitrogens with zero attached hydrogens (tertiary/aromatic N) is 7. The summed E-state index contributed by atoms with van der Waals surface area (Å²) in [7, 11) is 11.0. The second kappa shape index (κ2) is 43.1. The third kappa shape index (κ3) is 27.6. The van der Waals surface area contributed by atoms with Crippen LogP contribution in [0.25, 0.3) is 0 Å². The fourth-order valence-electron chi connectivity index (χ4n) is 11.2. The molecular weight excluding hydrogens is 1290 g/mol. The third-order valence-electron chi connectivity index (χ3n) is 17.2. The number of rotatable bonds is 41. The van der Waals surface area contributed by atoms with Crippen LogP contribution in [0.5, 0.6) is 0 Å². The lowest BCUT2D eigenvalue weighted by molar-refractivity contribution is -0.157. The number of thiol groups is 1. The molecule has 0 aliphatic rings. The summed E-state index contributed by atoms with van der Waals surface area (Å²) in [5, 5.41) is 25.3. The summed E-state index contributed by atoms with van der Waals surface area (Å²) in [6.07, 6.45) is 3.02. The molecule has 0 rings (SSSR count). The van der Waals surface area contributed by atoms with Gasteiger partial charge in [-0.2, -0.15) is 12.6 Å². The predicted octanol–water partition coefficient (Wildman–Crippen LogP) is 3.08. The summed E-state index contributed by atoms with van der Waals surface area (Å²) >= 11 is 9.93. The van der Waals surface area contributed by atoms with Gasteiger partial charge >= 0.3 is 5.97 Å². The number of carbonyl (C=O) groups excluding carboxylic acids is 13. The van der Waals surface area contributed by atoms with Crippen molar-refractivity contribution in [3.05, 3.63) is 12.2 Å². The number of ether oxygens (including phenoxy) is 1. The second-order valence-corrected chi connectivity index (χ2v) is 28.7. The molecule has 29 heteroatoms. The van der Waals surface area contributed by atoms with Crippen molar-refractivity contribution in [3.8, 4) is 0 Å². The Bertz CT molecular complexity index is 2680. The van der Waals surface area contributed by atoms with Gasteiger partial charge in [-0.1, -0.05) is 109 Å². The largest absolute Gasteiger partial charge is 0.467 e. The molecule has 27 nitrogen and oxygen atoms in total. The van der Waals surface area contributed by atoms with Gasteiger partial charge in [0.2, 0.25) is 70.9 Å². The standard InChI is InChI=1S/C68H121ClN12O15S/c1-26-28-29-43(15)57(84)56(61(88)73-46(27-2)63(90)75(18)35-52(82)72-47(36-97)68(95)96-25)81(24)67(94)55(42(13)14)80(23)65(92)51(33-40(9)10)79(22)64(91)50(32-39(7)8)78(21)62(89)45(17)71-58(85)44(16)70-59(86)49(31-38(5)6)77(20)66(93)54(41(11)12)74-60(87)48(30-37(3)4)76(19)53(83)34-69/h26,28,37-51,54-57,84,97H,27,29-36H2,1-25H3,(H,70,86)(H,71,85)(H,72,82)(H,73,88)(H,74,87)/b28-26+/t43-,44+,45-,46+,47+,48+,49+,50+,51+,54+,55+,56+,57-/m1/s1. The molecule has 0 fully saturated rings. The Balaban J connectivity index is 7.06. The van der Waals surface area contributed by atoms with E-state index in [1.165, 1.54) is 87.7 Å². The van der Waals surface area contributed by atoms with Crippen molar-refractivity contribution in [1.29, 1.82) is 0 Å². The molecule has 0 aromatic rings. The first-order chi connectivity index (χ1) is 44.9. The molecule has 0 radical (unpaired) electrons. The topological polar surface area (TPSA) is 334 Å². The molecule has 0 aromatic heterocycles. The number of esters is 1. The summed E-state index contributed by atoms with van der Waals surface area (Å²) in [6.45, 7) is 29.2. The summed E-state index contributed by atoms with van der Waals surface area (Å²) in [5.74, 6) is -11.4. The molecular formula is C68H121ClN12O15S. The molecule has 13 atom stereocenters. The van der Waals surface area contributed by atoms with Gasteiger partial charge in [0.1, 0.15) is 72.3 Å². The number of allylic oxidation sites excluding steroid dienone is 2. The lowest BCUT2D eigenvalue weighted by Crippen LogP contribution is -2.63. The maximum Gasteiger partial charge on any atom is 0.329 e. The van der Waals surface area contributed by atoms with Crippen LogP contribution in [0.2, 0.25) is 0 Å². The van der Waals surface area contributed by atoms with Gasteiger partial charge < -0.3 is 70.7 Å². The number of likely N-dealkylation sites (N-methyl/N-ethyl adjacent to an activating group) is 7. The van der Waals surface area contributed by atoms with E-state index in [0.717, 1.165) is 16.9 Å². The minimum Gasteiger partial charge on any atom is -0.467 e. The van der Waals surface area contributed by atoms with Gasteiger partial charge in [0.25, 0.3) is 0 Å². The van der Waals surface area contributed by atoms with Crippen molar-refractivity contribution in [3.63, 3.8) is 0 Å². The van der Waals surface area contributed by atoms with Gasteiger partial charge in [-0.15, -0.1) is 11.6 Å². The second-order valence-electron chi connectivity index (χ2n) is 28.1. The number of methoxy groups -OCH3 is 1. The Morgan fingerprint density at radius 1 is 0.485 bits per heavy atom. The van der Waals surface area contributed by atoms with E-state index in [1.54, 1.807) is 60.6 Å². The van der Waals surface area contributed by atoms with Gasteiger partial charge in [-0.25, -0.2) is 4.79 Å². The van der Waals surface area contributed by atoms with E-state index in [9.17, 15) is 53.1 Å². The number of hydrogen-bond donors (Lipinski definition) is 7. The predicted molar refractivity (Wildman–Crippen MR) is 377 cm³/mol. The molecule has 12 amide bonds. The fraction of sp³-hybridized carbons (Fsp3) is 0.779. The van der Waals surface area contributed by atoms with Crippen LogP contribution in [0.4, 0.5) is 0 Å². The van der Waals surface area contributed by atoms with Crippen LogP contribution >= 0.6 is 24.2 Å². The van der Waals surface area contributed by atoms with Crippen LogP contribution in [0.15, 0.2) is 12.2 Å². The lowest BCUT2D eigenvalue weighted by atomic mass is 9.91. The number of aliphatic hydroxyl groups excluding tert-OH is 1. The van der Waals surface area contributed by atoms with Crippen molar-refractivity contribution in [1.82, 2.24) is 60.9 Å². The maximum absolute atomic E-state index is 15.2. The summed E-state index contributed by atoms with van der Waals surface area (Å²) < 4.78 is 4.70. The number of nitrogens with one attached hydrogen (secondary N) is 5. The van der Waals surface area contributed by atoms with Crippen LogP contribution in [0, 0.1) is 41.4 Å². The highest BCUT2D eigenvalue weighted by Gasteiger charge is 2.46. The molecule has 0 aliphatic carbocycles. The number of aliphatic hydroxyl groups is 1. The first-order valence-electron chi connectivity index (χ1n) is 33.8. The zero-order chi connectivity index (χ0) is 75.5. The van der Waals surface area contributed by atoms with Crippen molar-refractivity contribution in [2.75, 3.05) is 74.6 Å². The van der Waals surface area contributed by atoms with Gasteiger partial charge in [-0.3, -0.25) is 57.5 Å². The Labute approximate surface area is 588 Å². The quantitative estimate of drug-likeness (QED) is 0.0200. The van der Waals surface area contributed by atoms with E-state index in [-0.39, 0.29) is 61.0 Å². The van der Waals surface area contributed by atoms with E-state index in [4.69, 9.17) is 16.3 Å². The Hall–Kier alpha value is -6.55. The molecule has 0 heterocycles. The molecule has 0 aromatic carbocycles. The highest BCUT2D eigenvalue weighted by Crippen LogP contribution is 2.26. The van der Waals surface area contributed by atoms with Crippen molar-refractivity contribution in [2.24, 2.45) is 41.4 Å². The monoisotopic (exact) mass is 1410 g/mol. The summed E-state index contributed by atoms with van der Waals surface area (Å²) in [4.78, 5) is 191. The highest BCUT2D eigenvalue weighted by atomic mass is 35.5. The highest BCUT2D eigenvalue weighted by molar-refractivity contribution is 7.80. The molecule has 6 N–H and O–H groups in total. The SMILES string of the molecule is C/C=C/C[C@@H](C)[C@@H](O)[C@@H](C(=O)N[C@@H](CC)C(=O)N(C)CC(=O)N[C@@H](CS)C(=O)OC)N(C)C(=O)[C@H](C(C)C)N(C)C(=O)[C@H](CC(C)C)N(C)C(=O)[C@H](CC(C)C)N(C)C(=O)[C@@H](C)NC(=O)[C@H](C)NC(=O)[C@H](CC(C)C)N(C)C(=O)[C@@H](NC(=O)[C@H](CC(C)C)N(C)C(=O)CCl)C(C)C. The van der Waals surface area contributed by atoms with Crippen molar-refractivity contribution in [2.45, 2.75) is 229 Å². The van der Waals surface area contributed by atoms with Gasteiger partial charge in [0, 0.05) is 55.1 Å². The van der Waals surface area contributed by atoms with E-state index in [2.05, 4.69) is 39.2 Å². The van der Waals surface area contributed by atoms with Crippen molar-refractivity contribution < 1.29 is 72.2 Å². The Kier molecular flexibility index (Phi) is 40.2. The number of alkyl halides is 1. The molecule has 0 spiro atoms. The van der Waals surface area contributed by atoms with Gasteiger partial charge in [0.15, 0.2) is 0 Å². The van der Waals surface area contributed by atoms with E-state index in [0.29, 0.717) is 12.8 Å². The van der Waals surface area contributed by atoms with Crippen LogP contribution in [0.1, 0.15) is 156 Å². The van der Waals surface area contributed by atoms with Crippen LogP contribution < -0.4 is 26.6 Å². The minimum atomic E-state index is -1.63. The third-order valence-corrected chi connectivity index (χ3v) is 17.8. The maximum atomic E-state index is 15.2. The van der Waals surface area contributed by atoms with Gasteiger partial charge in [-0.05, 0) is 101 Å². The average molecular weight is 1410 g/mol. The zero-order valence-electron chi connectivity index (χ0n) is 62.6. The van der Waals surface area contributed by atoms with Crippen molar-refractivity contribution >= 4 is 101 Å². The van der Waals surface area contributed by atoms with Crippen LogP contribution in [-0.4, -0.2) is 263 Å². The molecule has 97 heavy (non-hydrogen) atoms. The number of amides is 12. The molecule has 0 saturated heterocycles. The smallest absolute Gasteiger partial charge is 0.329 e. The van der Waals surface area contributed by atoms with E-state index < -0.39 is 174 Å². The van der Waals surface area contributed by atoms with Crippen LogP contribution in [-0.2, 0) is 67.1 Å². The number of halogens is 1. The summed E-state index contributed by atoms with van der Waals surface area (Å²) in [5.41, 5.74) is 0. The van der Waals surface area contributed by atoms with Gasteiger partial charge in [0.05, 0.1) is 19.8 Å². The number of carbonyl (C=O) groups is 13. The number of hydrogen-bond acceptors (Lipinski definition) is 16. The minimum absolute atomic E-state index is 0.0000293. The average Bonchev–Trinajstić information content (AvgIpc) is 0.818.